The molecule has 1 atom stereocenters. The third kappa shape index (κ3) is 4.56. The zero-order chi connectivity index (χ0) is 12.9. The Morgan fingerprint density at radius 3 is 2.53 bits per heavy atom. The van der Waals surface area contributed by atoms with Crippen molar-refractivity contribution in [1.82, 2.24) is 10.2 Å². The molecule has 7 heteroatoms. The number of alkyl halides is 3. The molecule has 1 heterocycles. The van der Waals surface area contributed by atoms with Crippen LogP contribution in [0.3, 0.4) is 0 Å². The number of nitrogens with zero attached hydrogens (tertiary/aromatic N) is 2. The third-order valence-corrected chi connectivity index (χ3v) is 2.30. The summed E-state index contributed by atoms with van der Waals surface area (Å²) in [6.07, 6.45) is -2.85. The summed E-state index contributed by atoms with van der Waals surface area (Å²) in [5, 5.41) is 9.41. The molecule has 96 valence electrons. The van der Waals surface area contributed by atoms with Gasteiger partial charge < -0.3 is 11.1 Å². The predicted octanol–water partition coefficient (Wildman–Crippen LogP) is 2.03. The number of anilines is 1. The van der Waals surface area contributed by atoms with Gasteiger partial charge in [-0.3, -0.25) is 0 Å². The monoisotopic (exact) mass is 248 g/mol. The molecule has 0 fully saturated rings. The fraction of sp³-hybridized carbons (Fsp3) is 0.600. The first kappa shape index (κ1) is 13.7. The highest BCUT2D eigenvalue weighted by Crippen LogP contribution is 2.26. The summed E-state index contributed by atoms with van der Waals surface area (Å²) >= 11 is 0. The molecule has 1 aromatic heterocycles. The number of nitrogens with one attached hydrogen (secondary N) is 1. The van der Waals surface area contributed by atoms with E-state index in [4.69, 9.17) is 5.73 Å². The van der Waals surface area contributed by atoms with Gasteiger partial charge in [0, 0.05) is 12.6 Å². The molecule has 1 unspecified atom stereocenters. The number of halogens is 3. The average Bonchev–Trinajstić information content (AvgIpc) is 2.28. The van der Waals surface area contributed by atoms with Crippen LogP contribution in [0.4, 0.5) is 19.0 Å². The molecule has 0 radical (unpaired) electrons. The first-order valence-corrected chi connectivity index (χ1v) is 5.34. The van der Waals surface area contributed by atoms with Crippen LogP contribution < -0.4 is 11.1 Å². The molecule has 0 aromatic carbocycles. The van der Waals surface area contributed by atoms with Gasteiger partial charge in [-0.2, -0.15) is 13.2 Å². The highest BCUT2D eigenvalue weighted by Gasteiger charge is 2.32. The van der Waals surface area contributed by atoms with Crippen molar-refractivity contribution in [2.24, 2.45) is 5.73 Å². The van der Waals surface area contributed by atoms with Gasteiger partial charge in [-0.05, 0) is 25.0 Å². The van der Waals surface area contributed by atoms with E-state index in [1.54, 1.807) is 0 Å². The zero-order valence-electron chi connectivity index (χ0n) is 9.46. The second-order valence-electron chi connectivity index (χ2n) is 3.69. The van der Waals surface area contributed by atoms with Crippen molar-refractivity contribution >= 4 is 5.82 Å². The Balaban J connectivity index is 2.46. The largest absolute Gasteiger partial charge is 0.435 e. The van der Waals surface area contributed by atoms with Crippen molar-refractivity contribution in [3.63, 3.8) is 0 Å². The number of aromatic nitrogens is 2. The molecule has 0 amide bonds. The van der Waals surface area contributed by atoms with E-state index in [9.17, 15) is 13.2 Å². The van der Waals surface area contributed by atoms with E-state index < -0.39 is 11.9 Å². The van der Waals surface area contributed by atoms with Gasteiger partial charge in [-0.15, -0.1) is 10.2 Å². The van der Waals surface area contributed by atoms with E-state index in [0.29, 0.717) is 12.4 Å². The Bertz CT molecular complexity index is 336. The second kappa shape index (κ2) is 5.81. The quantitative estimate of drug-likeness (QED) is 0.837. The zero-order valence-corrected chi connectivity index (χ0v) is 9.46. The normalized spacial score (nSPS) is 13.5. The maximum absolute atomic E-state index is 12.2. The van der Waals surface area contributed by atoms with Crippen LogP contribution in [0.15, 0.2) is 12.1 Å². The molecule has 0 spiro atoms. The van der Waals surface area contributed by atoms with Gasteiger partial charge in [-0.1, -0.05) is 6.92 Å². The van der Waals surface area contributed by atoms with Crippen LogP contribution in [0.25, 0.3) is 0 Å². The molecule has 4 nitrogen and oxygen atoms in total. The molecule has 3 N–H and O–H groups in total. The summed E-state index contributed by atoms with van der Waals surface area (Å²) in [4.78, 5) is 0. The van der Waals surface area contributed by atoms with Gasteiger partial charge in [-0.25, -0.2) is 0 Å². The Hall–Kier alpha value is -1.37. The molecule has 0 saturated heterocycles. The second-order valence-corrected chi connectivity index (χ2v) is 3.69. The summed E-state index contributed by atoms with van der Waals surface area (Å²) in [7, 11) is 0. The molecule has 1 aromatic rings. The standard InChI is InChI=1S/C10H15F3N4/c1-2-7(14)5-6-15-9-4-3-8(16-17-9)10(11,12)13/h3-4,7H,2,5-6,14H2,1H3,(H,15,17). The fourth-order valence-electron chi connectivity index (χ4n) is 1.17. The SMILES string of the molecule is CCC(N)CCNc1ccc(C(F)(F)F)nn1. The molecule has 17 heavy (non-hydrogen) atoms. The fourth-order valence-corrected chi connectivity index (χ4v) is 1.17. The van der Waals surface area contributed by atoms with E-state index >= 15 is 0 Å². The van der Waals surface area contributed by atoms with Crippen molar-refractivity contribution in [1.29, 1.82) is 0 Å². The molecule has 0 aliphatic carbocycles. The minimum absolute atomic E-state index is 0.0879. The summed E-state index contributed by atoms with van der Waals surface area (Å²) in [5.41, 5.74) is 4.70. The number of rotatable bonds is 5. The van der Waals surface area contributed by atoms with E-state index in [-0.39, 0.29) is 6.04 Å². The van der Waals surface area contributed by atoms with E-state index in [2.05, 4.69) is 15.5 Å². The van der Waals surface area contributed by atoms with Crippen molar-refractivity contribution in [3.05, 3.63) is 17.8 Å². The number of hydrogen-bond donors (Lipinski definition) is 2. The third-order valence-electron chi connectivity index (χ3n) is 2.30. The lowest BCUT2D eigenvalue weighted by molar-refractivity contribution is -0.141. The Labute approximate surface area is 97.4 Å². The van der Waals surface area contributed by atoms with Gasteiger partial charge in [0.15, 0.2) is 5.69 Å². The maximum atomic E-state index is 12.2. The van der Waals surface area contributed by atoms with Crippen LogP contribution in [0.1, 0.15) is 25.5 Å². The molecule has 0 saturated carbocycles. The topological polar surface area (TPSA) is 63.8 Å². The Kier molecular flexibility index (Phi) is 4.68. The molecule has 0 aliphatic rings. The van der Waals surface area contributed by atoms with E-state index in [1.165, 1.54) is 6.07 Å². The van der Waals surface area contributed by atoms with Crippen LogP contribution in [0, 0.1) is 0 Å². The van der Waals surface area contributed by atoms with Gasteiger partial charge in [0.1, 0.15) is 5.82 Å². The van der Waals surface area contributed by atoms with Crippen molar-refractivity contribution in [2.45, 2.75) is 32.0 Å². The lowest BCUT2D eigenvalue weighted by atomic mass is 10.2. The van der Waals surface area contributed by atoms with Crippen LogP contribution in [0.5, 0.6) is 0 Å². The minimum Gasteiger partial charge on any atom is -0.369 e. The first-order valence-electron chi connectivity index (χ1n) is 5.34. The smallest absolute Gasteiger partial charge is 0.369 e. The van der Waals surface area contributed by atoms with E-state index in [1.807, 2.05) is 6.92 Å². The summed E-state index contributed by atoms with van der Waals surface area (Å²) < 4.78 is 36.6. The van der Waals surface area contributed by atoms with E-state index in [0.717, 1.165) is 18.9 Å². The molecule has 1 rings (SSSR count). The summed E-state index contributed by atoms with van der Waals surface area (Å²) in [5.74, 6) is 0.321. The first-order chi connectivity index (χ1) is 7.93. The highest BCUT2D eigenvalue weighted by atomic mass is 19.4. The molecular formula is C10H15F3N4. The average molecular weight is 248 g/mol. The molecular weight excluding hydrogens is 233 g/mol. The van der Waals surface area contributed by atoms with Crippen molar-refractivity contribution < 1.29 is 13.2 Å². The van der Waals surface area contributed by atoms with Gasteiger partial charge in [0.05, 0.1) is 0 Å². The van der Waals surface area contributed by atoms with Crippen LogP contribution in [0.2, 0.25) is 0 Å². The maximum Gasteiger partial charge on any atom is 0.435 e. The van der Waals surface area contributed by atoms with Crippen molar-refractivity contribution in [2.75, 3.05) is 11.9 Å². The Morgan fingerprint density at radius 2 is 2.06 bits per heavy atom. The molecule has 0 bridgehead atoms. The van der Waals surface area contributed by atoms with Gasteiger partial charge in [0.2, 0.25) is 0 Å². The van der Waals surface area contributed by atoms with Gasteiger partial charge in [0.25, 0.3) is 0 Å². The van der Waals surface area contributed by atoms with Gasteiger partial charge >= 0.3 is 6.18 Å². The minimum atomic E-state index is -4.45. The number of hydrogen-bond acceptors (Lipinski definition) is 4. The van der Waals surface area contributed by atoms with Crippen molar-refractivity contribution in [3.8, 4) is 0 Å². The highest BCUT2D eigenvalue weighted by molar-refractivity contribution is 5.33. The number of nitrogens with two attached hydrogens (primary N) is 1. The summed E-state index contributed by atoms with van der Waals surface area (Å²) in [6, 6.07) is 2.24. The van der Waals surface area contributed by atoms with Crippen LogP contribution in [-0.4, -0.2) is 22.8 Å². The predicted molar refractivity (Wildman–Crippen MR) is 58.4 cm³/mol. The van der Waals surface area contributed by atoms with Crippen LogP contribution in [-0.2, 0) is 6.18 Å². The lowest BCUT2D eigenvalue weighted by Crippen LogP contribution is -2.22. The Morgan fingerprint density at radius 1 is 1.35 bits per heavy atom. The van der Waals surface area contributed by atoms with Crippen LogP contribution >= 0.6 is 0 Å². The lowest BCUT2D eigenvalue weighted by Gasteiger charge is -2.10. The summed E-state index contributed by atoms with van der Waals surface area (Å²) in [6.45, 7) is 2.54. The molecule has 0 aliphatic heterocycles.